The summed E-state index contributed by atoms with van der Waals surface area (Å²) in [7, 11) is 1.58. The van der Waals surface area contributed by atoms with Crippen LogP contribution in [-0.4, -0.2) is 19.0 Å². The van der Waals surface area contributed by atoms with Gasteiger partial charge in [-0.15, -0.1) is 0 Å². The van der Waals surface area contributed by atoms with Gasteiger partial charge in [-0.3, -0.25) is 0 Å². The molecule has 1 heterocycles. The van der Waals surface area contributed by atoms with Crippen LogP contribution in [0.5, 0.6) is 11.5 Å². The molecule has 3 aromatic rings. The van der Waals surface area contributed by atoms with E-state index in [9.17, 15) is 4.79 Å². The van der Waals surface area contributed by atoms with Crippen LogP contribution in [-0.2, 0) is 16.1 Å². The number of cyclic esters (lactones) is 1. The highest BCUT2D eigenvalue weighted by molar-refractivity contribution is 6.11. The first-order valence-electron chi connectivity index (χ1n) is 9.82. The van der Waals surface area contributed by atoms with E-state index in [1.165, 1.54) is 0 Å². The standard InChI is InChI=1S/C26H21NO4/c1-29-24-17-21(12-14-23(24)30-18-20-10-6-3-7-11-20)16-22-26(28)31-25(27-22)15-13-19-8-4-2-5-9-19/h2-17H,18H2,1H3/b15-13-,22-16+. The summed E-state index contributed by atoms with van der Waals surface area (Å²) in [5.74, 6) is 0.966. The van der Waals surface area contributed by atoms with E-state index in [4.69, 9.17) is 14.2 Å². The van der Waals surface area contributed by atoms with E-state index in [1.54, 1.807) is 25.3 Å². The number of benzene rings is 3. The van der Waals surface area contributed by atoms with Crippen LogP contribution in [0.15, 0.2) is 95.6 Å². The number of hydrogen-bond donors (Lipinski definition) is 0. The first kappa shape index (κ1) is 20.2. The summed E-state index contributed by atoms with van der Waals surface area (Å²) in [6.07, 6.45) is 5.18. The molecule has 0 unspecified atom stereocenters. The predicted molar refractivity (Wildman–Crippen MR) is 121 cm³/mol. The van der Waals surface area contributed by atoms with Gasteiger partial charge in [0.15, 0.2) is 17.2 Å². The fraction of sp³-hybridized carbons (Fsp3) is 0.0769. The molecule has 0 amide bonds. The number of aliphatic imine (C=N–C) groups is 1. The average molecular weight is 411 g/mol. The minimum atomic E-state index is -0.490. The van der Waals surface area contributed by atoms with E-state index >= 15 is 0 Å². The van der Waals surface area contributed by atoms with E-state index in [-0.39, 0.29) is 11.6 Å². The SMILES string of the molecule is COc1cc(/C=C2N=C(/C=C\c3ccccc3)OC/2=O)ccc1OCc1ccccc1. The molecule has 0 atom stereocenters. The van der Waals surface area contributed by atoms with Gasteiger partial charge in [-0.2, -0.15) is 0 Å². The third kappa shape index (κ3) is 5.28. The van der Waals surface area contributed by atoms with Crippen LogP contribution >= 0.6 is 0 Å². The van der Waals surface area contributed by atoms with Crippen molar-refractivity contribution in [2.75, 3.05) is 7.11 Å². The van der Waals surface area contributed by atoms with Gasteiger partial charge >= 0.3 is 5.97 Å². The first-order valence-corrected chi connectivity index (χ1v) is 9.82. The monoisotopic (exact) mass is 411 g/mol. The second kappa shape index (κ2) is 9.59. The molecule has 0 fully saturated rings. The topological polar surface area (TPSA) is 57.1 Å². The summed E-state index contributed by atoms with van der Waals surface area (Å²) in [6.45, 7) is 0.436. The van der Waals surface area contributed by atoms with Crippen molar-refractivity contribution in [3.63, 3.8) is 0 Å². The lowest BCUT2D eigenvalue weighted by atomic mass is 10.1. The minimum absolute atomic E-state index is 0.229. The number of rotatable bonds is 7. The molecular weight excluding hydrogens is 390 g/mol. The van der Waals surface area contributed by atoms with Crippen LogP contribution in [0.25, 0.3) is 12.2 Å². The predicted octanol–water partition coefficient (Wildman–Crippen LogP) is 5.28. The zero-order chi connectivity index (χ0) is 21.5. The van der Waals surface area contributed by atoms with Gasteiger partial charge in [-0.05, 0) is 41.0 Å². The van der Waals surface area contributed by atoms with Crippen molar-refractivity contribution >= 4 is 24.0 Å². The van der Waals surface area contributed by atoms with E-state index in [2.05, 4.69) is 4.99 Å². The Morgan fingerprint density at radius 3 is 2.35 bits per heavy atom. The maximum absolute atomic E-state index is 12.2. The molecule has 0 spiro atoms. The molecule has 3 aromatic carbocycles. The third-order valence-electron chi connectivity index (χ3n) is 4.58. The van der Waals surface area contributed by atoms with Gasteiger partial charge in [-0.25, -0.2) is 9.79 Å². The number of methoxy groups -OCH3 is 1. The van der Waals surface area contributed by atoms with Gasteiger partial charge in [0.05, 0.1) is 7.11 Å². The molecule has 4 rings (SSSR count). The summed E-state index contributed by atoms with van der Waals surface area (Å²) in [6, 6.07) is 25.1. The van der Waals surface area contributed by atoms with Gasteiger partial charge in [0.2, 0.25) is 5.90 Å². The van der Waals surface area contributed by atoms with Crippen molar-refractivity contribution in [1.82, 2.24) is 0 Å². The van der Waals surface area contributed by atoms with Gasteiger partial charge in [0.25, 0.3) is 0 Å². The molecule has 1 aliphatic heterocycles. The molecule has 0 aliphatic carbocycles. The molecule has 1 aliphatic rings. The number of carbonyl (C=O) groups is 1. The molecule has 0 radical (unpaired) electrons. The molecule has 0 bridgehead atoms. The molecule has 154 valence electrons. The zero-order valence-electron chi connectivity index (χ0n) is 17.0. The van der Waals surface area contributed by atoms with Gasteiger partial charge in [0.1, 0.15) is 6.61 Å². The lowest BCUT2D eigenvalue weighted by molar-refractivity contribution is -0.129. The Hall–Kier alpha value is -4.12. The van der Waals surface area contributed by atoms with Gasteiger partial charge in [0, 0.05) is 6.08 Å². The minimum Gasteiger partial charge on any atom is -0.493 e. The Balaban J connectivity index is 1.49. The van der Waals surface area contributed by atoms with Crippen molar-refractivity contribution < 1.29 is 19.0 Å². The van der Waals surface area contributed by atoms with Crippen molar-refractivity contribution in [2.45, 2.75) is 6.61 Å². The van der Waals surface area contributed by atoms with Crippen LogP contribution in [0.4, 0.5) is 0 Å². The first-order chi connectivity index (χ1) is 15.2. The van der Waals surface area contributed by atoms with Crippen molar-refractivity contribution in [2.24, 2.45) is 4.99 Å². The van der Waals surface area contributed by atoms with Crippen molar-refractivity contribution in [3.05, 3.63) is 107 Å². The Bertz CT molecular complexity index is 1150. The van der Waals surface area contributed by atoms with Crippen LogP contribution in [0.2, 0.25) is 0 Å². The number of ether oxygens (including phenoxy) is 3. The summed E-state index contributed by atoms with van der Waals surface area (Å²) < 4.78 is 16.6. The quantitative estimate of drug-likeness (QED) is 0.392. The summed E-state index contributed by atoms with van der Waals surface area (Å²) in [4.78, 5) is 16.5. The van der Waals surface area contributed by atoms with E-state index in [1.807, 2.05) is 78.9 Å². The normalized spacial score (nSPS) is 14.5. The second-order valence-electron chi connectivity index (χ2n) is 6.80. The van der Waals surface area contributed by atoms with Crippen LogP contribution < -0.4 is 9.47 Å². The fourth-order valence-corrected chi connectivity index (χ4v) is 3.01. The number of carbonyl (C=O) groups excluding carboxylic acids is 1. The Labute approximate surface area is 180 Å². The number of esters is 1. The molecule has 5 heteroatoms. The highest BCUT2D eigenvalue weighted by Gasteiger charge is 2.21. The number of hydrogen-bond acceptors (Lipinski definition) is 5. The maximum Gasteiger partial charge on any atom is 0.363 e. The summed E-state index contributed by atoms with van der Waals surface area (Å²) in [5.41, 5.74) is 3.05. The van der Waals surface area contributed by atoms with Crippen LogP contribution in [0, 0.1) is 0 Å². The molecule has 0 N–H and O–H groups in total. The summed E-state index contributed by atoms with van der Waals surface area (Å²) >= 11 is 0. The second-order valence-corrected chi connectivity index (χ2v) is 6.80. The van der Waals surface area contributed by atoms with Crippen molar-refractivity contribution in [1.29, 1.82) is 0 Å². The molecule has 0 saturated heterocycles. The Kier molecular flexibility index (Phi) is 6.24. The Morgan fingerprint density at radius 2 is 1.61 bits per heavy atom. The third-order valence-corrected chi connectivity index (χ3v) is 4.58. The highest BCUT2D eigenvalue weighted by Crippen LogP contribution is 2.30. The lowest BCUT2D eigenvalue weighted by Crippen LogP contribution is -2.01. The van der Waals surface area contributed by atoms with E-state index in [0.717, 1.165) is 16.7 Å². The highest BCUT2D eigenvalue weighted by atomic mass is 16.6. The average Bonchev–Trinajstić information content (AvgIpc) is 3.17. The fourth-order valence-electron chi connectivity index (χ4n) is 3.01. The summed E-state index contributed by atoms with van der Waals surface area (Å²) in [5, 5.41) is 0. The van der Waals surface area contributed by atoms with Crippen LogP contribution in [0.3, 0.4) is 0 Å². The zero-order valence-corrected chi connectivity index (χ0v) is 17.0. The van der Waals surface area contributed by atoms with Crippen LogP contribution in [0.1, 0.15) is 16.7 Å². The Morgan fingerprint density at radius 1 is 0.871 bits per heavy atom. The van der Waals surface area contributed by atoms with Gasteiger partial charge < -0.3 is 14.2 Å². The molecule has 31 heavy (non-hydrogen) atoms. The largest absolute Gasteiger partial charge is 0.493 e. The van der Waals surface area contributed by atoms with E-state index < -0.39 is 5.97 Å². The van der Waals surface area contributed by atoms with E-state index in [0.29, 0.717) is 18.1 Å². The lowest BCUT2D eigenvalue weighted by Gasteiger charge is -2.11. The molecular formula is C26H21NO4. The molecule has 5 nitrogen and oxygen atoms in total. The maximum atomic E-state index is 12.2. The smallest absolute Gasteiger partial charge is 0.363 e. The van der Waals surface area contributed by atoms with Gasteiger partial charge in [-0.1, -0.05) is 66.7 Å². The molecule has 0 saturated carbocycles. The number of nitrogens with zero attached hydrogens (tertiary/aromatic N) is 1. The molecule has 0 aromatic heterocycles. The van der Waals surface area contributed by atoms with Crippen molar-refractivity contribution in [3.8, 4) is 11.5 Å².